The van der Waals surface area contributed by atoms with E-state index in [9.17, 15) is 4.79 Å². The monoisotopic (exact) mass is 539 g/mol. The van der Waals surface area contributed by atoms with Gasteiger partial charge in [0.25, 0.3) is 0 Å². The van der Waals surface area contributed by atoms with Crippen molar-refractivity contribution >= 4 is 34.6 Å². The van der Waals surface area contributed by atoms with E-state index in [2.05, 4.69) is 72.1 Å². The van der Waals surface area contributed by atoms with Gasteiger partial charge in [-0.1, -0.05) is 18.2 Å². The summed E-state index contributed by atoms with van der Waals surface area (Å²) in [6.07, 6.45) is 1.81. The van der Waals surface area contributed by atoms with Crippen LogP contribution in [0.3, 0.4) is 0 Å². The second kappa shape index (κ2) is 10.5. The summed E-state index contributed by atoms with van der Waals surface area (Å²) >= 11 is 5.94. The highest BCUT2D eigenvalue weighted by Crippen LogP contribution is 2.45. The molecule has 4 aromatic rings. The van der Waals surface area contributed by atoms with E-state index in [-0.39, 0.29) is 18.0 Å². The molecule has 2 N–H and O–H groups in total. The summed E-state index contributed by atoms with van der Waals surface area (Å²) in [5.74, 6) is 0.408. The van der Waals surface area contributed by atoms with Crippen molar-refractivity contribution in [2.75, 3.05) is 17.3 Å². The van der Waals surface area contributed by atoms with Gasteiger partial charge in [-0.05, 0) is 99.1 Å². The molecule has 0 aliphatic carbocycles. The molecule has 2 unspecified atom stereocenters. The largest absolute Gasteiger partial charge is 0.495 e. The molecule has 2 aromatic carbocycles. The normalized spacial score (nSPS) is 16.8. The van der Waals surface area contributed by atoms with E-state index in [1.807, 2.05) is 36.4 Å². The van der Waals surface area contributed by atoms with Crippen molar-refractivity contribution in [3.8, 4) is 11.4 Å². The highest BCUT2D eigenvalue weighted by atomic mass is 32.1. The fourth-order valence-electron chi connectivity index (χ4n) is 5.52. The number of thiocarbonyl (C=S) groups is 1. The fraction of sp³-hybridized carbons (Fsp3) is 0.258. The number of rotatable bonds is 6. The van der Waals surface area contributed by atoms with Crippen molar-refractivity contribution in [1.82, 2.24) is 14.9 Å². The number of carbonyl (C=O) groups is 1. The van der Waals surface area contributed by atoms with Crippen molar-refractivity contribution in [3.05, 3.63) is 101 Å². The lowest BCUT2D eigenvalue weighted by atomic mass is 9.96. The molecule has 7 nitrogen and oxygen atoms in total. The first kappa shape index (κ1) is 26.4. The van der Waals surface area contributed by atoms with E-state index in [0.29, 0.717) is 16.5 Å². The maximum atomic E-state index is 11.9. The summed E-state index contributed by atoms with van der Waals surface area (Å²) in [6.45, 7) is 10.1. The van der Waals surface area contributed by atoms with Gasteiger partial charge in [-0.15, -0.1) is 0 Å². The number of ether oxygens (including phenoxy) is 1. The van der Waals surface area contributed by atoms with E-state index in [1.165, 1.54) is 23.7 Å². The third-order valence-electron chi connectivity index (χ3n) is 7.48. The number of aryl methyl sites for hydroxylation is 2. The van der Waals surface area contributed by atoms with Crippen LogP contribution in [0.2, 0.25) is 0 Å². The van der Waals surface area contributed by atoms with E-state index in [1.54, 1.807) is 13.3 Å². The Morgan fingerprint density at radius 1 is 1.05 bits per heavy atom. The van der Waals surface area contributed by atoms with Gasteiger partial charge in [-0.2, -0.15) is 0 Å². The molecule has 5 rings (SSSR count). The lowest BCUT2D eigenvalue weighted by Crippen LogP contribution is -2.29. The number of methoxy groups -OCH3 is 1. The Hall–Kier alpha value is -4.17. The van der Waals surface area contributed by atoms with Crippen molar-refractivity contribution in [3.63, 3.8) is 0 Å². The lowest BCUT2D eigenvalue weighted by Gasteiger charge is -2.29. The van der Waals surface area contributed by atoms with Gasteiger partial charge in [0, 0.05) is 35.9 Å². The number of nitrogens with one attached hydrogen (secondary N) is 2. The Morgan fingerprint density at radius 3 is 2.54 bits per heavy atom. The second-order valence-corrected chi connectivity index (χ2v) is 10.3. The molecule has 200 valence electrons. The van der Waals surface area contributed by atoms with Crippen LogP contribution in [0, 0.1) is 27.7 Å². The molecule has 0 spiro atoms. The number of aromatic nitrogens is 2. The highest BCUT2D eigenvalue weighted by Gasteiger charge is 2.42. The summed E-state index contributed by atoms with van der Waals surface area (Å²) in [7, 11) is 1.59. The summed E-state index contributed by atoms with van der Waals surface area (Å²) in [6, 6.07) is 20.0. The average Bonchev–Trinajstić information content (AvgIpc) is 3.41. The quantitative estimate of drug-likeness (QED) is 0.282. The minimum Gasteiger partial charge on any atom is -0.495 e. The van der Waals surface area contributed by atoms with Crippen LogP contribution in [0.1, 0.15) is 52.8 Å². The van der Waals surface area contributed by atoms with E-state index in [4.69, 9.17) is 21.9 Å². The Kier molecular flexibility index (Phi) is 7.14. The topological polar surface area (TPSA) is 71.4 Å². The molecule has 1 aliphatic heterocycles. The number of pyridine rings is 1. The molecule has 0 saturated carbocycles. The number of carbonyl (C=O) groups excluding carboxylic acids is 1. The first-order chi connectivity index (χ1) is 18.7. The maximum absolute atomic E-state index is 11.9. The standard InChI is InChI=1S/C31H33N5O2S/c1-18-10-9-12-27(20(18)3)35-19(2)16-24(21(35)4)30-29(25-11-7-8-15-32-25)34-31(39)36(30)23-13-14-28(38-6)26(17-23)33-22(5)37/h7-17,29-30H,1-6H3,(H,33,37)(H,34,39). The third-order valence-corrected chi connectivity index (χ3v) is 7.79. The molecular weight excluding hydrogens is 506 g/mol. The summed E-state index contributed by atoms with van der Waals surface area (Å²) in [5.41, 5.74) is 9.43. The van der Waals surface area contributed by atoms with Crippen molar-refractivity contribution in [1.29, 1.82) is 0 Å². The first-order valence-electron chi connectivity index (χ1n) is 12.9. The van der Waals surface area contributed by atoms with Gasteiger partial charge in [0.1, 0.15) is 5.75 Å². The van der Waals surface area contributed by atoms with Gasteiger partial charge in [0.05, 0.1) is 30.6 Å². The molecule has 1 fully saturated rings. The SMILES string of the molecule is COc1ccc(N2C(=S)NC(c3ccccn3)C2c2cc(C)n(-c3cccc(C)c3C)c2C)cc1NC(C)=O. The van der Waals surface area contributed by atoms with Crippen LogP contribution < -0.4 is 20.3 Å². The lowest BCUT2D eigenvalue weighted by molar-refractivity contribution is -0.114. The van der Waals surface area contributed by atoms with E-state index < -0.39 is 0 Å². The predicted octanol–water partition coefficient (Wildman–Crippen LogP) is 6.25. The second-order valence-electron chi connectivity index (χ2n) is 9.94. The number of hydrogen-bond donors (Lipinski definition) is 2. The molecule has 2 atom stereocenters. The van der Waals surface area contributed by atoms with Gasteiger partial charge in [-0.3, -0.25) is 9.78 Å². The van der Waals surface area contributed by atoms with Crippen LogP contribution in [-0.4, -0.2) is 27.7 Å². The van der Waals surface area contributed by atoms with Gasteiger partial charge < -0.3 is 24.8 Å². The zero-order chi connectivity index (χ0) is 27.8. The minimum absolute atomic E-state index is 0.174. The van der Waals surface area contributed by atoms with Crippen molar-refractivity contribution < 1.29 is 9.53 Å². The third kappa shape index (κ3) is 4.76. The predicted molar refractivity (Wildman–Crippen MR) is 160 cm³/mol. The highest BCUT2D eigenvalue weighted by molar-refractivity contribution is 7.80. The fourth-order valence-corrected chi connectivity index (χ4v) is 5.86. The Morgan fingerprint density at radius 2 is 1.85 bits per heavy atom. The summed E-state index contributed by atoms with van der Waals surface area (Å²) < 4.78 is 7.83. The molecule has 8 heteroatoms. The number of hydrogen-bond acceptors (Lipinski definition) is 4. The Balaban J connectivity index is 1.70. The number of anilines is 2. The van der Waals surface area contributed by atoms with Gasteiger partial charge in [0.2, 0.25) is 5.91 Å². The summed E-state index contributed by atoms with van der Waals surface area (Å²) in [5, 5.41) is 7.02. The van der Waals surface area contributed by atoms with Crippen LogP contribution in [0.15, 0.2) is 66.9 Å². The molecule has 1 aliphatic rings. The zero-order valence-electron chi connectivity index (χ0n) is 23.1. The van der Waals surface area contributed by atoms with Crippen LogP contribution in [0.4, 0.5) is 11.4 Å². The molecule has 0 bridgehead atoms. The Bertz CT molecular complexity index is 1560. The number of amides is 1. The van der Waals surface area contributed by atoms with Crippen LogP contribution >= 0.6 is 12.2 Å². The molecule has 1 saturated heterocycles. The smallest absolute Gasteiger partial charge is 0.221 e. The molecule has 0 radical (unpaired) electrons. The van der Waals surface area contributed by atoms with Gasteiger partial charge >= 0.3 is 0 Å². The van der Waals surface area contributed by atoms with Gasteiger partial charge in [0.15, 0.2) is 5.11 Å². The van der Waals surface area contributed by atoms with Crippen LogP contribution in [-0.2, 0) is 4.79 Å². The summed E-state index contributed by atoms with van der Waals surface area (Å²) in [4.78, 5) is 18.8. The molecule has 3 heterocycles. The van der Waals surface area contributed by atoms with Crippen LogP contribution in [0.25, 0.3) is 5.69 Å². The van der Waals surface area contributed by atoms with Gasteiger partial charge in [-0.25, -0.2) is 0 Å². The molecule has 1 amide bonds. The molecule has 2 aromatic heterocycles. The molecule has 39 heavy (non-hydrogen) atoms. The maximum Gasteiger partial charge on any atom is 0.221 e. The average molecular weight is 540 g/mol. The Labute approximate surface area is 234 Å². The molecular formula is C31H33N5O2S. The minimum atomic E-state index is -0.184. The van der Waals surface area contributed by atoms with Crippen molar-refractivity contribution in [2.24, 2.45) is 0 Å². The van der Waals surface area contributed by atoms with E-state index >= 15 is 0 Å². The number of nitrogens with zero attached hydrogens (tertiary/aromatic N) is 3. The zero-order valence-corrected chi connectivity index (χ0v) is 23.9. The van der Waals surface area contributed by atoms with E-state index in [0.717, 1.165) is 28.3 Å². The number of benzene rings is 2. The van der Waals surface area contributed by atoms with Crippen molar-refractivity contribution in [2.45, 2.75) is 46.7 Å². The van der Waals surface area contributed by atoms with Crippen LogP contribution in [0.5, 0.6) is 5.75 Å². The first-order valence-corrected chi connectivity index (χ1v) is 13.3.